The maximum absolute atomic E-state index is 13.1. The van der Waals surface area contributed by atoms with Crippen molar-refractivity contribution in [2.24, 2.45) is 0 Å². The van der Waals surface area contributed by atoms with Crippen molar-refractivity contribution in [1.29, 1.82) is 0 Å². The number of piperazine rings is 1. The number of rotatable bonds is 7. The van der Waals surface area contributed by atoms with Gasteiger partial charge in [-0.25, -0.2) is 4.39 Å². The van der Waals surface area contributed by atoms with Crippen LogP contribution in [0, 0.1) is 5.82 Å². The number of aryl methyl sites for hydroxylation is 1. The number of hydrogen-bond donors (Lipinski definition) is 0. The molecule has 1 aliphatic rings. The summed E-state index contributed by atoms with van der Waals surface area (Å²) < 4.78 is 24.5. The third-order valence-corrected chi connectivity index (χ3v) is 5.56. The Morgan fingerprint density at radius 1 is 0.935 bits per heavy atom. The maximum atomic E-state index is 13.1. The van der Waals surface area contributed by atoms with E-state index in [1.807, 2.05) is 29.2 Å². The predicted molar refractivity (Wildman–Crippen MR) is 116 cm³/mol. The zero-order valence-corrected chi connectivity index (χ0v) is 17.7. The largest absolute Gasteiger partial charge is 0.486 e. The summed E-state index contributed by atoms with van der Waals surface area (Å²) in [7, 11) is 0. The Hall–Kier alpha value is -3.12. The fourth-order valence-electron chi connectivity index (χ4n) is 3.66. The molecule has 0 bridgehead atoms. The first kappa shape index (κ1) is 21.1. The highest BCUT2D eigenvalue weighted by Gasteiger charge is 2.24. The Kier molecular flexibility index (Phi) is 6.67. The molecule has 0 radical (unpaired) electrons. The number of furan rings is 1. The number of ether oxygens (including phenoxy) is 1. The predicted octanol–water partition coefficient (Wildman–Crippen LogP) is 4.52. The topological polar surface area (TPSA) is 45.9 Å². The maximum Gasteiger partial charge on any atom is 0.289 e. The Morgan fingerprint density at radius 2 is 1.61 bits per heavy atom. The minimum Gasteiger partial charge on any atom is -0.486 e. The van der Waals surface area contributed by atoms with Crippen molar-refractivity contribution in [2.75, 3.05) is 26.2 Å². The quantitative estimate of drug-likeness (QED) is 0.562. The van der Waals surface area contributed by atoms with E-state index < -0.39 is 0 Å². The van der Waals surface area contributed by atoms with Crippen molar-refractivity contribution in [2.45, 2.75) is 26.5 Å². The number of carbonyl (C=O) groups excluding carboxylic acids is 1. The summed E-state index contributed by atoms with van der Waals surface area (Å²) >= 11 is 0. The molecule has 162 valence electrons. The minimum absolute atomic E-state index is 0.0972. The summed E-state index contributed by atoms with van der Waals surface area (Å²) in [6, 6.07) is 18.0. The van der Waals surface area contributed by atoms with Gasteiger partial charge in [-0.05, 0) is 53.9 Å². The highest BCUT2D eigenvalue weighted by Crippen LogP contribution is 2.18. The number of amides is 1. The molecule has 5 nitrogen and oxygen atoms in total. The fraction of sp³-hybridized carbons (Fsp3) is 0.320. The van der Waals surface area contributed by atoms with Gasteiger partial charge in [0.05, 0.1) is 0 Å². The first-order chi connectivity index (χ1) is 15.1. The van der Waals surface area contributed by atoms with Crippen LogP contribution in [0.25, 0.3) is 0 Å². The van der Waals surface area contributed by atoms with Gasteiger partial charge < -0.3 is 14.1 Å². The van der Waals surface area contributed by atoms with Crippen LogP contribution in [0.15, 0.2) is 65.1 Å². The second kappa shape index (κ2) is 9.79. The van der Waals surface area contributed by atoms with E-state index >= 15 is 0 Å². The summed E-state index contributed by atoms with van der Waals surface area (Å²) in [5.41, 5.74) is 2.33. The second-order valence-corrected chi connectivity index (χ2v) is 7.75. The first-order valence-electron chi connectivity index (χ1n) is 10.7. The molecule has 0 spiro atoms. The van der Waals surface area contributed by atoms with Crippen molar-refractivity contribution in [3.8, 4) is 5.75 Å². The van der Waals surface area contributed by atoms with E-state index in [2.05, 4.69) is 11.8 Å². The van der Waals surface area contributed by atoms with Gasteiger partial charge >= 0.3 is 0 Å². The lowest BCUT2D eigenvalue weighted by atomic mass is 10.2. The normalized spacial score (nSPS) is 14.6. The van der Waals surface area contributed by atoms with E-state index in [4.69, 9.17) is 9.15 Å². The average molecular weight is 423 g/mol. The molecule has 31 heavy (non-hydrogen) atoms. The molecular formula is C25H27FN2O3. The van der Waals surface area contributed by atoms with Gasteiger partial charge in [0, 0.05) is 32.7 Å². The number of hydrogen-bond acceptors (Lipinski definition) is 4. The molecular weight excluding hydrogens is 395 g/mol. The molecule has 1 aliphatic heterocycles. The average Bonchev–Trinajstić information content (AvgIpc) is 3.29. The van der Waals surface area contributed by atoms with E-state index in [-0.39, 0.29) is 18.3 Å². The molecule has 6 heteroatoms. The zero-order chi connectivity index (χ0) is 21.6. The van der Waals surface area contributed by atoms with Crippen LogP contribution in [-0.2, 0) is 19.6 Å². The van der Waals surface area contributed by atoms with Gasteiger partial charge in [0.1, 0.15) is 23.9 Å². The Bertz CT molecular complexity index is 990. The molecule has 1 fully saturated rings. The highest BCUT2D eigenvalue weighted by molar-refractivity contribution is 5.91. The van der Waals surface area contributed by atoms with E-state index in [0.717, 1.165) is 37.4 Å². The molecule has 1 amide bonds. The Balaban J connectivity index is 1.26. The van der Waals surface area contributed by atoms with Crippen molar-refractivity contribution in [3.63, 3.8) is 0 Å². The molecule has 1 aromatic heterocycles. The van der Waals surface area contributed by atoms with Gasteiger partial charge in [0.2, 0.25) is 0 Å². The fourth-order valence-corrected chi connectivity index (χ4v) is 3.66. The van der Waals surface area contributed by atoms with E-state index in [9.17, 15) is 9.18 Å². The van der Waals surface area contributed by atoms with E-state index in [1.54, 1.807) is 24.3 Å². The monoisotopic (exact) mass is 422 g/mol. The lowest BCUT2D eigenvalue weighted by Gasteiger charge is -2.34. The molecule has 1 saturated heterocycles. The van der Waals surface area contributed by atoms with Crippen molar-refractivity contribution < 1.29 is 18.3 Å². The zero-order valence-electron chi connectivity index (χ0n) is 17.7. The number of nitrogens with zero attached hydrogens (tertiary/aromatic N) is 2. The summed E-state index contributed by atoms with van der Waals surface area (Å²) in [5, 5.41) is 0. The standard InChI is InChI=1S/C25H27FN2O3/c1-2-19-5-9-22(10-6-19)30-18-23-11-12-24(31-23)25(29)28-15-13-27(14-16-28)17-20-3-7-21(26)8-4-20/h3-12H,2,13-18H2,1H3. The number of halogens is 1. The lowest BCUT2D eigenvalue weighted by molar-refractivity contribution is 0.0594. The smallest absolute Gasteiger partial charge is 0.289 e. The van der Waals surface area contributed by atoms with Crippen LogP contribution >= 0.6 is 0 Å². The van der Waals surface area contributed by atoms with Gasteiger partial charge in [-0.2, -0.15) is 0 Å². The van der Waals surface area contributed by atoms with Gasteiger partial charge in [0.25, 0.3) is 5.91 Å². The summed E-state index contributed by atoms with van der Waals surface area (Å²) in [5.74, 6) is 1.42. The molecule has 4 rings (SSSR count). The van der Waals surface area contributed by atoms with Gasteiger partial charge in [-0.15, -0.1) is 0 Å². The summed E-state index contributed by atoms with van der Waals surface area (Å²) in [4.78, 5) is 16.9. The third kappa shape index (κ3) is 5.52. The van der Waals surface area contributed by atoms with E-state index in [0.29, 0.717) is 24.6 Å². The first-order valence-corrected chi connectivity index (χ1v) is 10.7. The second-order valence-electron chi connectivity index (χ2n) is 7.75. The van der Waals surface area contributed by atoms with Crippen LogP contribution in [-0.4, -0.2) is 41.9 Å². The highest BCUT2D eigenvalue weighted by atomic mass is 19.1. The number of benzene rings is 2. The van der Waals surface area contributed by atoms with Crippen LogP contribution in [0.3, 0.4) is 0 Å². The number of carbonyl (C=O) groups is 1. The molecule has 0 N–H and O–H groups in total. The minimum atomic E-state index is -0.225. The Labute approximate surface area is 182 Å². The third-order valence-electron chi connectivity index (χ3n) is 5.56. The summed E-state index contributed by atoms with van der Waals surface area (Å²) in [6.45, 7) is 5.96. The lowest BCUT2D eigenvalue weighted by Crippen LogP contribution is -2.48. The van der Waals surface area contributed by atoms with Crippen LogP contribution in [0.4, 0.5) is 4.39 Å². The van der Waals surface area contributed by atoms with Gasteiger partial charge in [-0.3, -0.25) is 9.69 Å². The van der Waals surface area contributed by atoms with Crippen LogP contribution in [0.2, 0.25) is 0 Å². The molecule has 0 atom stereocenters. The van der Waals surface area contributed by atoms with Gasteiger partial charge in [-0.1, -0.05) is 31.2 Å². The molecule has 0 unspecified atom stereocenters. The molecule has 3 aromatic rings. The van der Waals surface area contributed by atoms with Crippen molar-refractivity contribution in [3.05, 3.63) is 89.1 Å². The van der Waals surface area contributed by atoms with Crippen LogP contribution < -0.4 is 4.74 Å². The van der Waals surface area contributed by atoms with Crippen LogP contribution in [0.5, 0.6) is 5.75 Å². The molecule has 0 aliphatic carbocycles. The SMILES string of the molecule is CCc1ccc(OCc2ccc(C(=O)N3CCN(Cc4ccc(F)cc4)CC3)o2)cc1. The molecule has 2 aromatic carbocycles. The van der Waals surface area contributed by atoms with Crippen molar-refractivity contribution >= 4 is 5.91 Å². The van der Waals surface area contributed by atoms with Crippen molar-refractivity contribution in [1.82, 2.24) is 9.80 Å². The van der Waals surface area contributed by atoms with Crippen LogP contribution in [0.1, 0.15) is 34.4 Å². The van der Waals surface area contributed by atoms with E-state index in [1.165, 1.54) is 17.7 Å². The Morgan fingerprint density at radius 3 is 2.29 bits per heavy atom. The molecule has 0 saturated carbocycles. The molecule has 2 heterocycles. The van der Waals surface area contributed by atoms with Gasteiger partial charge in [0.15, 0.2) is 5.76 Å². The summed E-state index contributed by atoms with van der Waals surface area (Å²) in [6.07, 6.45) is 0.991.